The van der Waals surface area contributed by atoms with Crippen molar-refractivity contribution in [3.8, 4) is 5.75 Å². The highest BCUT2D eigenvalue weighted by Gasteiger charge is 2.15. The number of aromatic hydroxyl groups is 1. The lowest BCUT2D eigenvalue weighted by Crippen LogP contribution is -2.05. The Hall–Kier alpha value is -1.58. The molecule has 1 aromatic carbocycles. The standard InChI is InChI=1S/C10H11FO3/c1-3-14-10(13)7-4-5-8(11)6(2)9(7)12/h4-5,12H,3H2,1-2H3. The first-order valence-electron chi connectivity index (χ1n) is 4.23. The molecule has 0 saturated heterocycles. The van der Waals surface area contributed by atoms with Crippen LogP contribution < -0.4 is 0 Å². The minimum Gasteiger partial charge on any atom is -0.507 e. The van der Waals surface area contributed by atoms with E-state index in [0.29, 0.717) is 0 Å². The van der Waals surface area contributed by atoms with Crippen LogP contribution in [-0.2, 0) is 4.74 Å². The number of phenols is 1. The van der Waals surface area contributed by atoms with Gasteiger partial charge in [0, 0.05) is 5.56 Å². The fourth-order valence-corrected chi connectivity index (χ4v) is 1.05. The lowest BCUT2D eigenvalue weighted by Gasteiger charge is -2.06. The van der Waals surface area contributed by atoms with Gasteiger partial charge in [0.05, 0.1) is 6.61 Å². The quantitative estimate of drug-likeness (QED) is 0.739. The van der Waals surface area contributed by atoms with Crippen LogP contribution in [0.15, 0.2) is 12.1 Å². The molecule has 76 valence electrons. The van der Waals surface area contributed by atoms with Gasteiger partial charge in [-0.3, -0.25) is 0 Å². The van der Waals surface area contributed by atoms with Crippen molar-refractivity contribution in [2.45, 2.75) is 13.8 Å². The molecule has 1 N–H and O–H groups in total. The van der Waals surface area contributed by atoms with E-state index in [9.17, 15) is 14.3 Å². The van der Waals surface area contributed by atoms with Crippen LogP contribution in [0.25, 0.3) is 0 Å². The molecule has 0 saturated carbocycles. The molecule has 0 heterocycles. The van der Waals surface area contributed by atoms with Crippen LogP contribution in [0.5, 0.6) is 5.75 Å². The number of phenolic OH excluding ortho intramolecular Hbond substituents is 1. The summed E-state index contributed by atoms with van der Waals surface area (Å²) in [6.45, 7) is 3.27. The maximum atomic E-state index is 12.9. The first-order valence-corrected chi connectivity index (χ1v) is 4.23. The Balaban J connectivity index is 3.11. The van der Waals surface area contributed by atoms with Crippen molar-refractivity contribution in [2.75, 3.05) is 6.61 Å². The predicted molar refractivity (Wildman–Crippen MR) is 48.8 cm³/mol. The molecule has 0 aliphatic heterocycles. The highest BCUT2D eigenvalue weighted by Crippen LogP contribution is 2.24. The van der Waals surface area contributed by atoms with Gasteiger partial charge in [-0.25, -0.2) is 9.18 Å². The van der Waals surface area contributed by atoms with E-state index in [-0.39, 0.29) is 23.5 Å². The molecule has 4 heteroatoms. The number of hydrogen-bond donors (Lipinski definition) is 1. The van der Waals surface area contributed by atoms with E-state index in [1.165, 1.54) is 13.0 Å². The summed E-state index contributed by atoms with van der Waals surface area (Å²) in [5.41, 5.74) is 0.0429. The van der Waals surface area contributed by atoms with Crippen LogP contribution in [0.1, 0.15) is 22.8 Å². The Kier molecular flexibility index (Phi) is 3.06. The summed E-state index contributed by atoms with van der Waals surface area (Å²) in [5.74, 6) is -1.55. The second-order valence-electron chi connectivity index (χ2n) is 2.79. The van der Waals surface area contributed by atoms with Crippen molar-refractivity contribution >= 4 is 5.97 Å². The van der Waals surface area contributed by atoms with Crippen molar-refractivity contribution in [2.24, 2.45) is 0 Å². The third-order valence-electron chi connectivity index (χ3n) is 1.86. The summed E-state index contributed by atoms with van der Waals surface area (Å²) in [6, 6.07) is 2.33. The SMILES string of the molecule is CCOC(=O)c1ccc(F)c(C)c1O. The Morgan fingerprint density at radius 2 is 2.21 bits per heavy atom. The van der Waals surface area contributed by atoms with E-state index >= 15 is 0 Å². The summed E-state index contributed by atoms with van der Waals surface area (Å²) in [7, 11) is 0. The van der Waals surface area contributed by atoms with Gasteiger partial charge >= 0.3 is 5.97 Å². The zero-order valence-corrected chi connectivity index (χ0v) is 8.00. The molecule has 0 aliphatic rings. The van der Waals surface area contributed by atoms with Gasteiger partial charge in [-0.15, -0.1) is 0 Å². The third-order valence-corrected chi connectivity index (χ3v) is 1.86. The van der Waals surface area contributed by atoms with Crippen molar-refractivity contribution in [3.05, 3.63) is 29.1 Å². The van der Waals surface area contributed by atoms with Gasteiger partial charge in [-0.05, 0) is 26.0 Å². The van der Waals surface area contributed by atoms with Gasteiger partial charge in [0.15, 0.2) is 0 Å². The largest absolute Gasteiger partial charge is 0.507 e. The molecule has 0 atom stereocenters. The average molecular weight is 198 g/mol. The second-order valence-corrected chi connectivity index (χ2v) is 2.79. The van der Waals surface area contributed by atoms with Crippen LogP contribution in [0.3, 0.4) is 0 Å². The van der Waals surface area contributed by atoms with Gasteiger partial charge in [0.1, 0.15) is 17.1 Å². The Morgan fingerprint density at radius 3 is 2.79 bits per heavy atom. The molecule has 0 unspecified atom stereocenters. The highest BCUT2D eigenvalue weighted by atomic mass is 19.1. The van der Waals surface area contributed by atoms with Gasteiger partial charge < -0.3 is 9.84 Å². The van der Waals surface area contributed by atoms with Gasteiger partial charge in [0.2, 0.25) is 0 Å². The number of carbonyl (C=O) groups is 1. The average Bonchev–Trinajstić information content (AvgIpc) is 2.15. The van der Waals surface area contributed by atoms with Crippen LogP contribution in [0.2, 0.25) is 0 Å². The molecule has 0 bridgehead atoms. The van der Waals surface area contributed by atoms with E-state index in [1.54, 1.807) is 6.92 Å². The Labute approximate surface area is 81.1 Å². The summed E-state index contributed by atoms with van der Waals surface area (Å²) >= 11 is 0. The number of benzene rings is 1. The van der Waals surface area contributed by atoms with Crippen molar-refractivity contribution in [3.63, 3.8) is 0 Å². The number of esters is 1. The summed E-state index contributed by atoms with van der Waals surface area (Å²) in [5, 5.41) is 9.43. The Morgan fingerprint density at radius 1 is 1.57 bits per heavy atom. The van der Waals surface area contributed by atoms with E-state index in [2.05, 4.69) is 4.74 Å². The predicted octanol–water partition coefficient (Wildman–Crippen LogP) is 2.02. The molecular formula is C10H11FO3. The molecule has 0 amide bonds. The molecule has 0 fully saturated rings. The molecule has 0 radical (unpaired) electrons. The van der Waals surface area contributed by atoms with Crippen LogP contribution in [-0.4, -0.2) is 17.7 Å². The fraction of sp³-hybridized carbons (Fsp3) is 0.300. The lowest BCUT2D eigenvalue weighted by atomic mass is 10.1. The number of rotatable bonds is 2. The minimum atomic E-state index is -0.645. The van der Waals surface area contributed by atoms with Gasteiger partial charge in [0.25, 0.3) is 0 Å². The second kappa shape index (κ2) is 4.09. The number of hydrogen-bond acceptors (Lipinski definition) is 3. The Bertz CT molecular complexity index is 361. The van der Waals surface area contributed by atoms with Crippen LogP contribution in [0.4, 0.5) is 4.39 Å². The monoisotopic (exact) mass is 198 g/mol. The van der Waals surface area contributed by atoms with Crippen molar-refractivity contribution in [1.29, 1.82) is 0 Å². The molecule has 14 heavy (non-hydrogen) atoms. The summed E-state index contributed by atoms with van der Waals surface area (Å²) in [6.07, 6.45) is 0. The topological polar surface area (TPSA) is 46.5 Å². The van der Waals surface area contributed by atoms with Gasteiger partial charge in [-0.1, -0.05) is 0 Å². The smallest absolute Gasteiger partial charge is 0.341 e. The molecular weight excluding hydrogens is 187 g/mol. The maximum absolute atomic E-state index is 12.9. The third kappa shape index (κ3) is 1.84. The lowest BCUT2D eigenvalue weighted by molar-refractivity contribution is 0.0523. The van der Waals surface area contributed by atoms with Gasteiger partial charge in [-0.2, -0.15) is 0 Å². The normalized spacial score (nSPS) is 9.93. The van der Waals surface area contributed by atoms with Crippen LogP contribution in [0, 0.1) is 12.7 Å². The molecule has 0 aromatic heterocycles. The summed E-state index contributed by atoms with van der Waals surface area (Å²) < 4.78 is 17.6. The molecule has 0 spiro atoms. The van der Waals surface area contributed by atoms with E-state index < -0.39 is 11.8 Å². The zero-order valence-electron chi connectivity index (χ0n) is 8.00. The first-order chi connectivity index (χ1) is 6.57. The zero-order chi connectivity index (χ0) is 10.7. The number of carbonyl (C=O) groups excluding carboxylic acids is 1. The van der Waals surface area contributed by atoms with Crippen LogP contribution >= 0.6 is 0 Å². The number of ether oxygens (including phenoxy) is 1. The molecule has 1 rings (SSSR count). The maximum Gasteiger partial charge on any atom is 0.341 e. The molecule has 0 aliphatic carbocycles. The summed E-state index contributed by atoms with van der Waals surface area (Å²) in [4.78, 5) is 11.2. The van der Waals surface area contributed by atoms with Crippen molar-refractivity contribution < 1.29 is 19.0 Å². The van der Waals surface area contributed by atoms with E-state index in [1.807, 2.05) is 0 Å². The highest BCUT2D eigenvalue weighted by molar-refractivity contribution is 5.92. The first kappa shape index (κ1) is 10.5. The molecule has 1 aromatic rings. The van der Waals surface area contributed by atoms with E-state index in [0.717, 1.165) is 6.07 Å². The molecule has 3 nitrogen and oxygen atoms in total. The minimum absolute atomic E-state index is 0.00856. The number of halogens is 1. The fourth-order valence-electron chi connectivity index (χ4n) is 1.05. The van der Waals surface area contributed by atoms with E-state index in [4.69, 9.17) is 0 Å². The van der Waals surface area contributed by atoms with Crippen molar-refractivity contribution in [1.82, 2.24) is 0 Å².